The van der Waals surface area contributed by atoms with E-state index in [9.17, 15) is 9.18 Å². The number of nitrogens with one attached hydrogen (secondary N) is 1. The molecule has 3 nitrogen and oxygen atoms in total. The molecular weight excluding hydrogens is 233 g/mol. The van der Waals surface area contributed by atoms with E-state index in [0.717, 1.165) is 12.8 Å². The van der Waals surface area contributed by atoms with Gasteiger partial charge in [-0.3, -0.25) is 4.79 Å². The number of carbonyl (C=O) groups is 1. The van der Waals surface area contributed by atoms with Crippen LogP contribution in [0.1, 0.15) is 38.5 Å². The summed E-state index contributed by atoms with van der Waals surface area (Å²) in [7, 11) is 0. The summed E-state index contributed by atoms with van der Waals surface area (Å²) >= 11 is 4.95. The molecule has 1 rings (SSSR count). The largest absolute Gasteiger partial charge is 0.378 e. The molecule has 0 radical (unpaired) electrons. The molecule has 0 saturated heterocycles. The van der Waals surface area contributed by atoms with Crippen LogP contribution in [0.4, 0.5) is 4.39 Å². The average molecular weight is 252 g/mol. The van der Waals surface area contributed by atoms with E-state index in [1.165, 1.54) is 19.3 Å². The standard InChI is InChI=1S/C11H19ClFNO2/c12-10(13)11(15)14-7-4-8-16-9-5-2-1-3-6-9/h9-10H,1-8H2,(H,14,15). The molecule has 0 heterocycles. The molecule has 0 aromatic heterocycles. The maximum Gasteiger partial charge on any atom is 0.270 e. The Balaban J connectivity index is 1.93. The van der Waals surface area contributed by atoms with E-state index in [1.54, 1.807) is 0 Å². The van der Waals surface area contributed by atoms with Crippen LogP contribution in [0.25, 0.3) is 0 Å². The quantitative estimate of drug-likeness (QED) is 0.581. The van der Waals surface area contributed by atoms with Crippen LogP contribution in [0, 0.1) is 0 Å². The molecule has 5 heteroatoms. The summed E-state index contributed by atoms with van der Waals surface area (Å²) in [5.74, 6) is -0.765. The van der Waals surface area contributed by atoms with Crippen LogP contribution in [0.5, 0.6) is 0 Å². The van der Waals surface area contributed by atoms with Gasteiger partial charge in [0.25, 0.3) is 11.5 Å². The minimum absolute atomic E-state index is 0.381. The van der Waals surface area contributed by atoms with Crippen LogP contribution in [0.2, 0.25) is 0 Å². The maximum atomic E-state index is 12.2. The molecule has 0 aromatic rings. The summed E-state index contributed by atoms with van der Waals surface area (Å²) in [5.41, 5.74) is -1.95. The third-order valence-corrected chi connectivity index (χ3v) is 2.92. The summed E-state index contributed by atoms with van der Waals surface area (Å²) in [5, 5.41) is 2.39. The normalized spacial score (nSPS) is 19.4. The topological polar surface area (TPSA) is 38.3 Å². The molecule has 16 heavy (non-hydrogen) atoms. The van der Waals surface area contributed by atoms with Crippen molar-refractivity contribution in [3.63, 3.8) is 0 Å². The zero-order chi connectivity index (χ0) is 11.8. The highest BCUT2D eigenvalue weighted by Gasteiger charge is 2.14. The van der Waals surface area contributed by atoms with Crippen LogP contribution >= 0.6 is 11.6 Å². The Hall–Kier alpha value is -0.350. The molecule has 1 amide bonds. The summed E-state index contributed by atoms with van der Waals surface area (Å²) in [6, 6.07) is 0. The first-order valence-corrected chi connectivity index (χ1v) is 6.31. The molecule has 1 saturated carbocycles. The van der Waals surface area contributed by atoms with E-state index < -0.39 is 11.5 Å². The van der Waals surface area contributed by atoms with Crippen molar-refractivity contribution in [3.8, 4) is 0 Å². The van der Waals surface area contributed by atoms with Gasteiger partial charge in [-0.25, -0.2) is 4.39 Å². The molecule has 1 unspecified atom stereocenters. The number of rotatable bonds is 6. The van der Waals surface area contributed by atoms with Crippen LogP contribution < -0.4 is 5.32 Å². The van der Waals surface area contributed by atoms with Gasteiger partial charge < -0.3 is 10.1 Å². The van der Waals surface area contributed by atoms with Gasteiger partial charge in [-0.2, -0.15) is 0 Å². The first kappa shape index (κ1) is 13.7. The Morgan fingerprint density at radius 3 is 2.75 bits per heavy atom. The Kier molecular flexibility index (Phi) is 6.73. The lowest BCUT2D eigenvalue weighted by Gasteiger charge is -2.21. The zero-order valence-corrected chi connectivity index (χ0v) is 10.1. The lowest BCUT2D eigenvalue weighted by Crippen LogP contribution is -2.30. The Bertz CT molecular complexity index is 208. The molecule has 0 aliphatic heterocycles. The highest BCUT2D eigenvalue weighted by atomic mass is 35.5. The number of hydrogen-bond donors (Lipinski definition) is 1. The molecule has 0 aromatic carbocycles. The number of ether oxygens (including phenoxy) is 1. The van der Waals surface area contributed by atoms with E-state index in [1.807, 2.05) is 0 Å². The van der Waals surface area contributed by atoms with Crippen molar-refractivity contribution in [1.29, 1.82) is 0 Å². The van der Waals surface area contributed by atoms with E-state index in [4.69, 9.17) is 16.3 Å². The molecule has 1 atom stereocenters. The highest BCUT2D eigenvalue weighted by molar-refractivity contribution is 6.29. The molecule has 0 bridgehead atoms. The van der Waals surface area contributed by atoms with E-state index in [0.29, 0.717) is 25.7 Å². The molecule has 1 N–H and O–H groups in total. The summed E-state index contributed by atoms with van der Waals surface area (Å²) in [6.07, 6.45) is 7.16. The van der Waals surface area contributed by atoms with Crippen molar-refractivity contribution in [1.82, 2.24) is 5.32 Å². The summed E-state index contributed by atoms with van der Waals surface area (Å²) < 4.78 is 17.9. The fraction of sp³-hybridized carbons (Fsp3) is 0.909. The third kappa shape index (κ3) is 5.66. The number of carbonyl (C=O) groups excluding carboxylic acids is 1. The Labute approximate surface area is 101 Å². The van der Waals surface area contributed by atoms with Crippen LogP contribution in [-0.4, -0.2) is 30.8 Å². The number of alkyl halides is 2. The first-order chi connectivity index (χ1) is 7.70. The van der Waals surface area contributed by atoms with Crippen molar-refractivity contribution in [3.05, 3.63) is 0 Å². The lowest BCUT2D eigenvalue weighted by molar-refractivity contribution is -0.123. The van der Waals surface area contributed by atoms with E-state index in [-0.39, 0.29) is 0 Å². The zero-order valence-electron chi connectivity index (χ0n) is 9.38. The van der Waals surface area contributed by atoms with Gasteiger partial charge in [0.05, 0.1) is 6.10 Å². The smallest absolute Gasteiger partial charge is 0.270 e. The number of halogens is 2. The molecule has 1 fully saturated rings. The first-order valence-electron chi connectivity index (χ1n) is 5.87. The average Bonchev–Trinajstić information content (AvgIpc) is 2.29. The predicted molar refractivity (Wildman–Crippen MR) is 61.2 cm³/mol. The van der Waals surface area contributed by atoms with Gasteiger partial charge >= 0.3 is 0 Å². The maximum absolute atomic E-state index is 12.2. The molecule has 0 spiro atoms. The number of amides is 1. The van der Waals surface area contributed by atoms with Gasteiger partial charge in [0.2, 0.25) is 0 Å². The molecule has 1 aliphatic rings. The van der Waals surface area contributed by atoms with Crippen molar-refractivity contribution < 1.29 is 13.9 Å². The van der Waals surface area contributed by atoms with E-state index >= 15 is 0 Å². The lowest BCUT2D eigenvalue weighted by atomic mass is 9.98. The summed E-state index contributed by atoms with van der Waals surface area (Å²) in [6.45, 7) is 1.03. The Morgan fingerprint density at radius 1 is 1.44 bits per heavy atom. The van der Waals surface area contributed by atoms with Crippen molar-refractivity contribution in [2.75, 3.05) is 13.2 Å². The van der Waals surface area contributed by atoms with Crippen LogP contribution in [0.15, 0.2) is 0 Å². The minimum Gasteiger partial charge on any atom is -0.378 e. The summed E-state index contributed by atoms with van der Waals surface area (Å²) in [4.78, 5) is 10.7. The fourth-order valence-electron chi connectivity index (χ4n) is 1.84. The fourth-order valence-corrected chi connectivity index (χ4v) is 1.92. The predicted octanol–water partition coefficient (Wildman–Crippen LogP) is 2.38. The van der Waals surface area contributed by atoms with Crippen molar-refractivity contribution >= 4 is 17.5 Å². The van der Waals surface area contributed by atoms with Gasteiger partial charge in [-0.1, -0.05) is 30.9 Å². The second-order valence-corrected chi connectivity index (χ2v) is 4.46. The van der Waals surface area contributed by atoms with Gasteiger partial charge in [0.15, 0.2) is 0 Å². The van der Waals surface area contributed by atoms with Crippen molar-refractivity contribution in [2.24, 2.45) is 0 Å². The van der Waals surface area contributed by atoms with Gasteiger partial charge in [-0.15, -0.1) is 0 Å². The third-order valence-electron chi connectivity index (χ3n) is 2.72. The highest BCUT2D eigenvalue weighted by Crippen LogP contribution is 2.20. The second kappa shape index (κ2) is 7.85. The molecule has 94 valence electrons. The SMILES string of the molecule is O=C(NCCCOC1CCCCC1)C(F)Cl. The molecule has 1 aliphatic carbocycles. The minimum atomic E-state index is -1.95. The monoisotopic (exact) mass is 251 g/mol. The van der Waals surface area contributed by atoms with Crippen molar-refractivity contribution in [2.45, 2.75) is 50.3 Å². The van der Waals surface area contributed by atoms with Crippen LogP contribution in [-0.2, 0) is 9.53 Å². The van der Waals surface area contributed by atoms with Crippen LogP contribution in [0.3, 0.4) is 0 Å². The number of hydrogen-bond acceptors (Lipinski definition) is 2. The van der Waals surface area contributed by atoms with Gasteiger partial charge in [0, 0.05) is 13.2 Å². The molecular formula is C11H19ClFNO2. The second-order valence-electron chi connectivity index (χ2n) is 4.08. The Morgan fingerprint density at radius 2 is 2.12 bits per heavy atom. The van der Waals surface area contributed by atoms with Gasteiger partial charge in [-0.05, 0) is 19.3 Å². The van der Waals surface area contributed by atoms with Gasteiger partial charge in [0.1, 0.15) is 0 Å². The van der Waals surface area contributed by atoms with E-state index in [2.05, 4.69) is 5.32 Å².